The van der Waals surface area contributed by atoms with Crippen molar-refractivity contribution in [2.24, 2.45) is 5.16 Å². The van der Waals surface area contributed by atoms with Crippen molar-refractivity contribution in [1.82, 2.24) is 0 Å². The van der Waals surface area contributed by atoms with Crippen LogP contribution < -0.4 is 0 Å². The van der Waals surface area contributed by atoms with Crippen LogP contribution in [0.15, 0.2) is 53.7 Å². The second kappa shape index (κ2) is 6.63. The van der Waals surface area contributed by atoms with Gasteiger partial charge in [-0.15, -0.1) is 0 Å². The summed E-state index contributed by atoms with van der Waals surface area (Å²) < 4.78 is 37.6. The molecule has 0 unspecified atom stereocenters. The highest BCUT2D eigenvalue weighted by Crippen LogP contribution is 2.29. The van der Waals surface area contributed by atoms with Crippen LogP contribution in [0.3, 0.4) is 0 Å². The standard InChI is InChI=1S/C15H10ClF3NO/c16-14-6-2-3-11(8-14)9-20-21-10-12-4-1-5-13(7-12)15(17,18)19/h1-8H,10H2. The van der Waals surface area contributed by atoms with Gasteiger partial charge in [-0.05, 0) is 29.8 Å². The molecule has 0 aliphatic rings. The predicted molar refractivity (Wildman–Crippen MR) is 74.2 cm³/mol. The second-order valence-corrected chi connectivity index (χ2v) is 4.62. The van der Waals surface area contributed by atoms with Crippen molar-refractivity contribution in [3.05, 3.63) is 70.2 Å². The van der Waals surface area contributed by atoms with E-state index < -0.39 is 11.7 Å². The normalized spacial score (nSPS) is 11.8. The maximum absolute atomic E-state index is 12.5. The molecule has 0 aromatic heterocycles. The molecule has 0 fully saturated rings. The van der Waals surface area contributed by atoms with E-state index in [9.17, 15) is 13.2 Å². The molecule has 2 aromatic carbocycles. The van der Waals surface area contributed by atoms with Gasteiger partial charge in [0.1, 0.15) is 12.8 Å². The van der Waals surface area contributed by atoms with Gasteiger partial charge in [-0.3, -0.25) is 0 Å². The Labute approximate surface area is 124 Å². The summed E-state index contributed by atoms with van der Waals surface area (Å²) in [7, 11) is 0. The van der Waals surface area contributed by atoms with Gasteiger partial charge in [0.05, 0.1) is 5.56 Å². The first-order chi connectivity index (χ1) is 9.95. The van der Waals surface area contributed by atoms with Crippen molar-refractivity contribution in [3.63, 3.8) is 0 Å². The Kier molecular flexibility index (Phi) is 4.85. The van der Waals surface area contributed by atoms with Gasteiger partial charge < -0.3 is 4.84 Å². The molecule has 0 saturated heterocycles. The third-order valence-corrected chi connectivity index (χ3v) is 2.78. The Morgan fingerprint density at radius 2 is 1.86 bits per heavy atom. The van der Waals surface area contributed by atoms with Crippen LogP contribution >= 0.6 is 11.6 Å². The second-order valence-electron chi connectivity index (χ2n) is 4.19. The van der Waals surface area contributed by atoms with E-state index in [0.29, 0.717) is 16.1 Å². The largest absolute Gasteiger partial charge is 0.416 e. The topological polar surface area (TPSA) is 21.6 Å². The number of rotatable bonds is 4. The summed E-state index contributed by atoms with van der Waals surface area (Å²) in [5, 5.41) is 4.12. The molecule has 6 heteroatoms. The molecule has 0 amide bonds. The van der Waals surface area contributed by atoms with Crippen LogP contribution in [0.25, 0.3) is 0 Å². The Morgan fingerprint density at radius 1 is 1.10 bits per heavy atom. The van der Waals surface area contributed by atoms with Gasteiger partial charge in [0.2, 0.25) is 0 Å². The van der Waals surface area contributed by atoms with E-state index in [-0.39, 0.29) is 6.61 Å². The molecule has 0 aliphatic carbocycles. The fourth-order valence-electron chi connectivity index (χ4n) is 1.59. The molecule has 0 atom stereocenters. The van der Waals surface area contributed by atoms with Crippen LogP contribution in [0.1, 0.15) is 16.7 Å². The molecule has 2 rings (SSSR count). The summed E-state index contributed by atoms with van der Waals surface area (Å²) in [4.78, 5) is 4.93. The van der Waals surface area contributed by atoms with Gasteiger partial charge >= 0.3 is 6.18 Å². The van der Waals surface area contributed by atoms with Gasteiger partial charge in [0.25, 0.3) is 0 Å². The van der Waals surface area contributed by atoms with Crippen molar-refractivity contribution in [1.29, 1.82) is 0 Å². The zero-order chi connectivity index (χ0) is 15.3. The van der Waals surface area contributed by atoms with E-state index in [1.165, 1.54) is 12.1 Å². The van der Waals surface area contributed by atoms with E-state index in [1.54, 1.807) is 24.3 Å². The summed E-state index contributed by atoms with van der Waals surface area (Å²) in [6.45, 7) is -0.0719. The first kappa shape index (κ1) is 15.4. The Morgan fingerprint density at radius 3 is 2.57 bits per heavy atom. The van der Waals surface area contributed by atoms with Crippen LogP contribution in [0.2, 0.25) is 5.02 Å². The molecule has 0 aliphatic heterocycles. The molecule has 0 saturated carbocycles. The summed E-state index contributed by atoms with van der Waals surface area (Å²) in [5.41, 5.74) is 0.277. The molecule has 0 N–H and O–H groups in total. The number of benzene rings is 2. The monoisotopic (exact) mass is 312 g/mol. The Balaban J connectivity index is 1.95. The zero-order valence-corrected chi connectivity index (χ0v) is 11.4. The SMILES string of the molecule is FC(F)(F)c1cccc(CO/N=[C]\c2cccc(Cl)c2)c1. The first-order valence-electron chi connectivity index (χ1n) is 5.95. The lowest BCUT2D eigenvalue weighted by molar-refractivity contribution is -0.137. The molecular weight excluding hydrogens is 303 g/mol. The van der Waals surface area contributed by atoms with Crippen LogP contribution in [0, 0.1) is 0 Å². The van der Waals surface area contributed by atoms with Gasteiger partial charge in [0, 0.05) is 10.6 Å². The van der Waals surface area contributed by atoms with E-state index in [2.05, 4.69) is 11.4 Å². The van der Waals surface area contributed by atoms with Gasteiger partial charge in [-0.25, -0.2) is 0 Å². The first-order valence-corrected chi connectivity index (χ1v) is 6.33. The molecular formula is C15H10ClF3NO. The number of hydrogen-bond donors (Lipinski definition) is 0. The Hall–Kier alpha value is -2.01. The quantitative estimate of drug-likeness (QED) is 0.588. The average Bonchev–Trinajstić information content (AvgIpc) is 2.43. The van der Waals surface area contributed by atoms with E-state index in [1.807, 2.05) is 0 Å². The van der Waals surface area contributed by atoms with Gasteiger partial charge in [0.15, 0.2) is 0 Å². The number of halogens is 4. The van der Waals surface area contributed by atoms with Crippen molar-refractivity contribution in [2.75, 3.05) is 0 Å². The lowest BCUT2D eigenvalue weighted by Crippen LogP contribution is -2.05. The summed E-state index contributed by atoms with van der Waals surface area (Å²) in [5.74, 6) is 0. The van der Waals surface area contributed by atoms with E-state index in [0.717, 1.165) is 12.1 Å². The maximum atomic E-state index is 12.5. The summed E-state index contributed by atoms with van der Waals surface area (Å²) in [6, 6.07) is 11.7. The minimum atomic E-state index is -4.37. The smallest absolute Gasteiger partial charge is 0.390 e. The number of alkyl halides is 3. The fraction of sp³-hybridized carbons (Fsp3) is 0.133. The van der Waals surface area contributed by atoms with Gasteiger partial charge in [-0.2, -0.15) is 13.2 Å². The molecule has 1 radical (unpaired) electrons. The van der Waals surface area contributed by atoms with Crippen molar-refractivity contribution >= 4 is 17.8 Å². The highest BCUT2D eigenvalue weighted by Gasteiger charge is 2.30. The number of hydrogen-bond acceptors (Lipinski definition) is 2. The van der Waals surface area contributed by atoms with Crippen LogP contribution in [0.4, 0.5) is 13.2 Å². The fourth-order valence-corrected chi connectivity index (χ4v) is 1.78. The van der Waals surface area contributed by atoms with Crippen LogP contribution in [0.5, 0.6) is 0 Å². The lowest BCUT2D eigenvalue weighted by Gasteiger charge is -2.07. The maximum Gasteiger partial charge on any atom is 0.416 e. The molecule has 2 aromatic rings. The number of nitrogens with zero attached hydrogens (tertiary/aromatic N) is 1. The van der Waals surface area contributed by atoms with Crippen LogP contribution in [-0.2, 0) is 17.6 Å². The third-order valence-electron chi connectivity index (χ3n) is 2.55. The Bertz CT molecular complexity index is 641. The third kappa shape index (κ3) is 4.79. The highest BCUT2D eigenvalue weighted by atomic mass is 35.5. The lowest BCUT2D eigenvalue weighted by atomic mass is 10.1. The summed E-state index contributed by atoms with van der Waals surface area (Å²) in [6.07, 6.45) is -1.77. The molecule has 109 valence electrons. The predicted octanol–water partition coefficient (Wildman–Crippen LogP) is 4.79. The molecule has 21 heavy (non-hydrogen) atoms. The molecule has 0 heterocycles. The summed E-state index contributed by atoms with van der Waals surface area (Å²) >= 11 is 5.78. The molecule has 0 bridgehead atoms. The van der Waals surface area contributed by atoms with E-state index in [4.69, 9.17) is 16.4 Å². The van der Waals surface area contributed by atoms with Crippen LogP contribution in [-0.4, -0.2) is 6.21 Å². The van der Waals surface area contributed by atoms with E-state index >= 15 is 0 Å². The molecule has 2 nitrogen and oxygen atoms in total. The van der Waals surface area contributed by atoms with Crippen molar-refractivity contribution < 1.29 is 18.0 Å². The zero-order valence-electron chi connectivity index (χ0n) is 10.7. The minimum Gasteiger partial charge on any atom is -0.390 e. The van der Waals surface area contributed by atoms with Crippen molar-refractivity contribution in [2.45, 2.75) is 12.8 Å². The van der Waals surface area contributed by atoms with Gasteiger partial charge in [-0.1, -0.05) is 41.0 Å². The molecule has 0 spiro atoms. The minimum absolute atomic E-state index is 0.0719. The average molecular weight is 313 g/mol. The highest BCUT2D eigenvalue weighted by molar-refractivity contribution is 6.30. The van der Waals surface area contributed by atoms with Crippen molar-refractivity contribution in [3.8, 4) is 0 Å².